The van der Waals surface area contributed by atoms with Crippen LogP contribution in [0.15, 0.2) is 45.3 Å². The SMILES string of the molecule is Cn1c(=O)c2ncn(CC(=O)NN=Cc3ccccc3O)c2n(C)c1=O. The predicted molar refractivity (Wildman–Crippen MR) is 94.1 cm³/mol. The maximum absolute atomic E-state index is 12.1. The summed E-state index contributed by atoms with van der Waals surface area (Å²) in [5, 5.41) is 13.4. The molecule has 0 radical (unpaired) electrons. The molecule has 3 rings (SSSR count). The van der Waals surface area contributed by atoms with Crippen molar-refractivity contribution in [1.82, 2.24) is 24.1 Å². The fourth-order valence-corrected chi connectivity index (χ4v) is 2.52. The molecule has 0 saturated carbocycles. The molecule has 0 fully saturated rings. The summed E-state index contributed by atoms with van der Waals surface area (Å²) in [6.45, 7) is -0.185. The van der Waals surface area contributed by atoms with Crippen LogP contribution in [0.3, 0.4) is 0 Å². The lowest BCUT2D eigenvalue weighted by Gasteiger charge is -2.07. The Labute approximate surface area is 146 Å². The summed E-state index contributed by atoms with van der Waals surface area (Å²) >= 11 is 0. The van der Waals surface area contributed by atoms with Crippen LogP contribution in [-0.4, -0.2) is 35.9 Å². The fourth-order valence-electron chi connectivity index (χ4n) is 2.52. The van der Waals surface area contributed by atoms with Gasteiger partial charge in [-0.2, -0.15) is 5.10 Å². The number of imidazole rings is 1. The highest BCUT2D eigenvalue weighted by atomic mass is 16.3. The first kappa shape index (κ1) is 17.1. The Balaban J connectivity index is 1.81. The van der Waals surface area contributed by atoms with E-state index in [0.29, 0.717) is 5.56 Å². The Morgan fingerprint density at radius 2 is 2.00 bits per heavy atom. The van der Waals surface area contributed by atoms with Gasteiger partial charge in [-0.3, -0.25) is 18.7 Å². The molecule has 0 unspecified atom stereocenters. The maximum atomic E-state index is 12.1. The van der Waals surface area contributed by atoms with Crippen molar-refractivity contribution in [2.24, 2.45) is 19.2 Å². The third-order valence-electron chi connectivity index (χ3n) is 3.85. The second kappa shape index (κ2) is 6.67. The Morgan fingerprint density at radius 3 is 2.73 bits per heavy atom. The van der Waals surface area contributed by atoms with Gasteiger partial charge in [0.25, 0.3) is 11.5 Å². The highest BCUT2D eigenvalue weighted by molar-refractivity contribution is 5.85. The number of para-hydroxylation sites is 1. The van der Waals surface area contributed by atoms with Gasteiger partial charge in [-0.1, -0.05) is 12.1 Å². The Bertz CT molecular complexity index is 1140. The van der Waals surface area contributed by atoms with E-state index in [2.05, 4.69) is 15.5 Å². The van der Waals surface area contributed by atoms with Gasteiger partial charge in [0, 0.05) is 19.7 Å². The molecule has 0 atom stereocenters. The summed E-state index contributed by atoms with van der Waals surface area (Å²) < 4.78 is 3.60. The predicted octanol–water partition coefficient (Wildman–Crippen LogP) is -0.710. The highest BCUT2D eigenvalue weighted by Crippen LogP contribution is 2.12. The van der Waals surface area contributed by atoms with Crippen LogP contribution in [0.5, 0.6) is 5.75 Å². The first-order valence-corrected chi connectivity index (χ1v) is 7.61. The number of benzene rings is 1. The number of rotatable bonds is 4. The van der Waals surface area contributed by atoms with Crippen molar-refractivity contribution in [3.05, 3.63) is 57.0 Å². The molecule has 0 bridgehead atoms. The quantitative estimate of drug-likeness (QED) is 0.472. The number of aromatic hydroxyl groups is 1. The number of aryl methyl sites for hydroxylation is 1. The number of fused-ring (bicyclic) bond motifs is 1. The van der Waals surface area contributed by atoms with E-state index in [1.165, 1.54) is 41.8 Å². The van der Waals surface area contributed by atoms with E-state index >= 15 is 0 Å². The van der Waals surface area contributed by atoms with Gasteiger partial charge in [-0.05, 0) is 12.1 Å². The number of nitrogens with zero attached hydrogens (tertiary/aromatic N) is 5. The van der Waals surface area contributed by atoms with E-state index in [1.54, 1.807) is 18.2 Å². The van der Waals surface area contributed by atoms with Crippen LogP contribution >= 0.6 is 0 Å². The highest BCUT2D eigenvalue weighted by Gasteiger charge is 2.15. The second-order valence-corrected chi connectivity index (χ2v) is 5.60. The summed E-state index contributed by atoms with van der Waals surface area (Å²) in [6, 6.07) is 6.53. The van der Waals surface area contributed by atoms with Gasteiger partial charge in [0.15, 0.2) is 5.52 Å². The van der Waals surface area contributed by atoms with E-state index in [9.17, 15) is 19.5 Å². The van der Waals surface area contributed by atoms with E-state index in [-0.39, 0.29) is 23.5 Å². The normalized spacial score (nSPS) is 11.3. The Hall–Kier alpha value is -3.69. The number of carbonyl (C=O) groups excluding carboxylic acids is 1. The minimum Gasteiger partial charge on any atom is -0.507 e. The van der Waals surface area contributed by atoms with Crippen LogP contribution in [0.4, 0.5) is 0 Å². The zero-order valence-corrected chi connectivity index (χ0v) is 14.1. The molecule has 3 aromatic rings. The molecule has 0 spiro atoms. The minimum absolute atomic E-state index is 0.0388. The molecule has 0 aliphatic rings. The maximum Gasteiger partial charge on any atom is 0.332 e. The van der Waals surface area contributed by atoms with Crippen LogP contribution in [0.1, 0.15) is 5.56 Å². The molecule has 26 heavy (non-hydrogen) atoms. The van der Waals surface area contributed by atoms with Crippen molar-refractivity contribution in [3.8, 4) is 5.75 Å². The van der Waals surface area contributed by atoms with Crippen LogP contribution in [0, 0.1) is 0 Å². The average molecular weight is 356 g/mol. The zero-order chi connectivity index (χ0) is 18.8. The number of carbonyl (C=O) groups is 1. The molecule has 1 aromatic carbocycles. The van der Waals surface area contributed by atoms with Gasteiger partial charge in [0.1, 0.15) is 17.9 Å². The van der Waals surface area contributed by atoms with Crippen molar-refractivity contribution in [3.63, 3.8) is 0 Å². The van der Waals surface area contributed by atoms with Crippen LogP contribution in [0.25, 0.3) is 11.2 Å². The molecule has 1 amide bonds. The van der Waals surface area contributed by atoms with Crippen molar-refractivity contribution < 1.29 is 9.90 Å². The number of hydrogen-bond donors (Lipinski definition) is 2. The molecule has 134 valence electrons. The number of nitrogens with one attached hydrogen (secondary N) is 1. The molecule has 2 aromatic heterocycles. The molecule has 0 aliphatic heterocycles. The van der Waals surface area contributed by atoms with Gasteiger partial charge < -0.3 is 9.67 Å². The first-order valence-electron chi connectivity index (χ1n) is 7.61. The van der Waals surface area contributed by atoms with Gasteiger partial charge in [0.05, 0.1) is 12.5 Å². The molecule has 10 heteroatoms. The van der Waals surface area contributed by atoms with Crippen LogP contribution in [0.2, 0.25) is 0 Å². The molecule has 10 nitrogen and oxygen atoms in total. The fraction of sp³-hybridized carbons (Fsp3) is 0.188. The summed E-state index contributed by atoms with van der Waals surface area (Å²) in [7, 11) is 2.86. The molecule has 0 saturated heterocycles. The minimum atomic E-state index is -0.528. The van der Waals surface area contributed by atoms with Crippen molar-refractivity contribution in [2.75, 3.05) is 0 Å². The standard InChI is InChI=1S/C16H16N6O4/c1-20-14-13(15(25)21(2)16(20)26)17-9-22(14)8-12(24)19-18-7-10-5-3-4-6-11(10)23/h3-7,9,23H,8H2,1-2H3,(H,19,24). The van der Waals surface area contributed by atoms with Crippen molar-refractivity contribution in [1.29, 1.82) is 0 Å². The van der Waals surface area contributed by atoms with E-state index in [0.717, 1.165) is 4.57 Å². The molecule has 2 heterocycles. The summed E-state index contributed by atoms with van der Waals surface area (Å²) in [5.74, 6) is -0.443. The first-order chi connectivity index (χ1) is 12.4. The number of phenolic OH excluding ortho intramolecular Hbond substituents is 1. The summed E-state index contributed by atoms with van der Waals surface area (Å²) in [5.41, 5.74) is 2.08. The summed E-state index contributed by atoms with van der Waals surface area (Å²) in [6.07, 6.45) is 2.63. The molecule has 0 aliphatic carbocycles. The lowest BCUT2D eigenvalue weighted by atomic mass is 10.2. The summed E-state index contributed by atoms with van der Waals surface area (Å²) in [4.78, 5) is 40.2. The number of phenols is 1. The molecular weight excluding hydrogens is 340 g/mol. The second-order valence-electron chi connectivity index (χ2n) is 5.60. The van der Waals surface area contributed by atoms with E-state index < -0.39 is 17.2 Å². The van der Waals surface area contributed by atoms with Gasteiger partial charge in [0.2, 0.25) is 0 Å². The van der Waals surface area contributed by atoms with E-state index in [1.807, 2.05) is 0 Å². The largest absolute Gasteiger partial charge is 0.507 e. The lowest BCUT2D eigenvalue weighted by Crippen LogP contribution is -2.37. The smallest absolute Gasteiger partial charge is 0.332 e. The average Bonchev–Trinajstić information content (AvgIpc) is 3.03. The van der Waals surface area contributed by atoms with Crippen LogP contribution in [-0.2, 0) is 25.4 Å². The van der Waals surface area contributed by atoms with Crippen molar-refractivity contribution >= 4 is 23.3 Å². The number of aromatic nitrogens is 4. The Morgan fingerprint density at radius 1 is 1.27 bits per heavy atom. The third-order valence-corrected chi connectivity index (χ3v) is 3.85. The van der Waals surface area contributed by atoms with Crippen molar-refractivity contribution in [2.45, 2.75) is 6.54 Å². The number of amides is 1. The zero-order valence-electron chi connectivity index (χ0n) is 14.1. The van der Waals surface area contributed by atoms with E-state index in [4.69, 9.17) is 0 Å². The monoisotopic (exact) mass is 356 g/mol. The topological polar surface area (TPSA) is 124 Å². The third kappa shape index (κ3) is 2.99. The number of hydrogen-bond acceptors (Lipinski definition) is 6. The molecule has 2 N–H and O–H groups in total. The Kier molecular flexibility index (Phi) is 4.40. The van der Waals surface area contributed by atoms with Gasteiger partial charge >= 0.3 is 5.69 Å². The number of hydrazone groups is 1. The van der Waals surface area contributed by atoms with Gasteiger partial charge in [-0.15, -0.1) is 0 Å². The molecular formula is C16H16N6O4. The lowest BCUT2D eigenvalue weighted by molar-refractivity contribution is -0.121. The van der Waals surface area contributed by atoms with Crippen LogP contribution < -0.4 is 16.7 Å². The van der Waals surface area contributed by atoms with Gasteiger partial charge in [-0.25, -0.2) is 15.2 Å².